The van der Waals surface area contributed by atoms with Crippen LogP contribution in [-0.4, -0.2) is 80.2 Å². The van der Waals surface area contributed by atoms with Gasteiger partial charge in [-0.1, -0.05) is 6.07 Å². The fourth-order valence-electron chi connectivity index (χ4n) is 6.35. The molecule has 0 aliphatic carbocycles. The number of piperidine rings is 1. The molecule has 2 aliphatic rings. The molecule has 0 bridgehead atoms. The number of aryl methyl sites for hydroxylation is 1. The second kappa shape index (κ2) is 12.0. The number of anilines is 2. The summed E-state index contributed by atoms with van der Waals surface area (Å²) in [7, 11) is 1.76. The van der Waals surface area contributed by atoms with Crippen molar-refractivity contribution in [1.82, 2.24) is 34.3 Å². The third-order valence-corrected chi connectivity index (χ3v) is 8.46. The van der Waals surface area contributed by atoms with Crippen molar-refractivity contribution < 1.29 is 13.5 Å². The Hall–Kier alpha value is -3.54. The number of imidazole rings is 1. The van der Waals surface area contributed by atoms with Crippen molar-refractivity contribution in [2.75, 3.05) is 45.2 Å². The minimum Gasteiger partial charge on any atom is -0.383 e. The van der Waals surface area contributed by atoms with Crippen LogP contribution in [0.2, 0.25) is 0 Å². The predicted octanol–water partition coefficient (Wildman–Crippen LogP) is 5.27. The Bertz CT molecular complexity index is 1580. The van der Waals surface area contributed by atoms with Crippen LogP contribution in [0.25, 0.3) is 22.3 Å². The number of aromatic nitrogens is 5. The molecule has 9 nitrogen and oxygen atoms in total. The molecule has 222 valence electrons. The van der Waals surface area contributed by atoms with Gasteiger partial charge in [-0.05, 0) is 70.5 Å². The van der Waals surface area contributed by atoms with Gasteiger partial charge in [-0.25, -0.2) is 28.7 Å². The van der Waals surface area contributed by atoms with Gasteiger partial charge in [0.05, 0.1) is 18.3 Å². The van der Waals surface area contributed by atoms with Crippen molar-refractivity contribution in [3.05, 3.63) is 59.2 Å². The van der Waals surface area contributed by atoms with E-state index in [2.05, 4.69) is 36.1 Å². The first-order valence-corrected chi connectivity index (χ1v) is 14.7. The SMILES string of the molecule is COCCN1CCC(N2CCc3nc(Nc4ncc(F)c(-c5cc(F)c6nc(C)n(C(C)C)c6c5)n4)ccc3C2)CC1. The number of ether oxygens (including phenoxy) is 1. The van der Waals surface area contributed by atoms with Crippen LogP contribution >= 0.6 is 0 Å². The molecule has 3 aromatic heterocycles. The Morgan fingerprint density at radius 2 is 1.86 bits per heavy atom. The van der Waals surface area contributed by atoms with Crippen molar-refractivity contribution in [2.45, 2.75) is 58.7 Å². The van der Waals surface area contributed by atoms with Gasteiger partial charge < -0.3 is 19.5 Å². The van der Waals surface area contributed by atoms with E-state index in [4.69, 9.17) is 9.72 Å². The lowest BCUT2D eigenvalue weighted by atomic mass is 9.98. The Labute approximate surface area is 245 Å². The summed E-state index contributed by atoms with van der Waals surface area (Å²) in [4.78, 5) is 22.8. The minimum absolute atomic E-state index is 0.0179. The summed E-state index contributed by atoms with van der Waals surface area (Å²) in [6.45, 7) is 11.7. The van der Waals surface area contributed by atoms with Crippen LogP contribution < -0.4 is 5.32 Å². The quantitative estimate of drug-likeness (QED) is 0.304. The molecule has 4 aromatic rings. The molecule has 11 heteroatoms. The number of rotatable bonds is 8. The second-order valence-electron chi connectivity index (χ2n) is 11.6. The van der Waals surface area contributed by atoms with Crippen LogP contribution in [0.5, 0.6) is 0 Å². The zero-order chi connectivity index (χ0) is 29.4. The van der Waals surface area contributed by atoms with Crippen molar-refractivity contribution in [3.8, 4) is 11.3 Å². The highest BCUT2D eigenvalue weighted by Gasteiger charge is 2.28. The number of hydrogen-bond donors (Lipinski definition) is 1. The van der Waals surface area contributed by atoms with Crippen molar-refractivity contribution in [2.24, 2.45) is 0 Å². The number of nitrogens with one attached hydrogen (secondary N) is 1. The number of likely N-dealkylation sites (tertiary alicyclic amines) is 1. The summed E-state index contributed by atoms with van der Waals surface area (Å²) in [5.41, 5.74) is 3.50. The lowest BCUT2D eigenvalue weighted by molar-refractivity contribution is 0.0794. The third-order valence-electron chi connectivity index (χ3n) is 8.46. The molecule has 6 rings (SSSR count). The average Bonchev–Trinajstić information content (AvgIpc) is 3.33. The average molecular weight is 577 g/mol. The van der Waals surface area contributed by atoms with Crippen molar-refractivity contribution in [1.29, 1.82) is 0 Å². The fraction of sp³-hybridized carbons (Fsp3) is 0.484. The molecule has 0 spiro atoms. The smallest absolute Gasteiger partial charge is 0.229 e. The number of hydrogen-bond acceptors (Lipinski definition) is 8. The monoisotopic (exact) mass is 576 g/mol. The number of benzene rings is 1. The molecule has 0 unspecified atom stereocenters. The summed E-state index contributed by atoms with van der Waals surface area (Å²) in [6, 6.07) is 7.69. The van der Waals surface area contributed by atoms with Crippen LogP contribution in [0.4, 0.5) is 20.5 Å². The first kappa shape index (κ1) is 28.6. The second-order valence-corrected chi connectivity index (χ2v) is 11.6. The Kier molecular flexibility index (Phi) is 8.15. The Balaban J connectivity index is 1.17. The van der Waals surface area contributed by atoms with Gasteiger partial charge >= 0.3 is 0 Å². The number of fused-ring (bicyclic) bond motifs is 2. The normalized spacial score (nSPS) is 16.8. The maximum atomic E-state index is 15.1. The predicted molar refractivity (Wildman–Crippen MR) is 159 cm³/mol. The van der Waals surface area contributed by atoms with E-state index in [1.165, 1.54) is 24.5 Å². The van der Waals surface area contributed by atoms with E-state index in [1.54, 1.807) is 13.2 Å². The summed E-state index contributed by atoms with van der Waals surface area (Å²) >= 11 is 0. The summed E-state index contributed by atoms with van der Waals surface area (Å²) < 4.78 is 37.2. The van der Waals surface area contributed by atoms with Gasteiger partial charge in [0.25, 0.3) is 0 Å². The summed E-state index contributed by atoms with van der Waals surface area (Å²) in [5.74, 6) is 0.354. The van der Waals surface area contributed by atoms with Crippen LogP contribution in [0.3, 0.4) is 0 Å². The van der Waals surface area contributed by atoms with E-state index >= 15 is 4.39 Å². The van der Waals surface area contributed by atoms with Crippen LogP contribution in [0.15, 0.2) is 30.5 Å². The van der Waals surface area contributed by atoms with Gasteiger partial charge in [0, 0.05) is 56.5 Å². The van der Waals surface area contributed by atoms with Crippen LogP contribution in [-0.2, 0) is 17.7 Å². The van der Waals surface area contributed by atoms with Crippen molar-refractivity contribution >= 4 is 22.8 Å². The summed E-state index contributed by atoms with van der Waals surface area (Å²) in [5, 5.41) is 3.13. The maximum absolute atomic E-state index is 15.1. The van der Waals surface area contributed by atoms with E-state index in [-0.39, 0.29) is 23.2 Å². The molecule has 0 atom stereocenters. The largest absolute Gasteiger partial charge is 0.383 e. The van der Waals surface area contributed by atoms with E-state index in [1.807, 2.05) is 31.4 Å². The molecule has 1 fully saturated rings. The fourth-order valence-corrected chi connectivity index (χ4v) is 6.35. The minimum atomic E-state index is -0.630. The van der Waals surface area contributed by atoms with Crippen molar-refractivity contribution in [3.63, 3.8) is 0 Å². The number of methoxy groups -OCH3 is 1. The third kappa shape index (κ3) is 5.73. The Morgan fingerprint density at radius 3 is 2.62 bits per heavy atom. The van der Waals surface area contributed by atoms with Crippen LogP contribution in [0.1, 0.15) is 49.8 Å². The van der Waals surface area contributed by atoms with Gasteiger partial charge in [0.2, 0.25) is 5.95 Å². The number of nitrogens with zero attached hydrogens (tertiary/aromatic N) is 7. The van der Waals surface area contributed by atoms with Gasteiger partial charge in [-0.3, -0.25) is 4.90 Å². The zero-order valence-electron chi connectivity index (χ0n) is 24.7. The zero-order valence-corrected chi connectivity index (χ0v) is 24.7. The molecule has 0 amide bonds. The van der Waals surface area contributed by atoms with Gasteiger partial charge in [-0.2, -0.15) is 0 Å². The first-order valence-electron chi connectivity index (χ1n) is 14.7. The molecular weight excluding hydrogens is 538 g/mol. The van der Waals surface area contributed by atoms with Gasteiger partial charge in [0.1, 0.15) is 22.9 Å². The Morgan fingerprint density at radius 1 is 1.05 bits per heavy atom. The number of halogens is 2. The highest BCUT2D eigenvalue weighted by molar-refractivity contribution is 5.83. The highest BCUT2D eigenvalue weighted by atomic mass is 19.1. The molecule has 0 radical (unpaired) electrons. The molecule has 5 heterocycles. The van der Waals surface area contributed by atoms with Gasteiger partial charge in [-0.15, -0.1) is 0 Å². The highest BCUT2D eigenvalue weighted by Crippen LogP contribution is 2.31. The van der Waals surface area contributed by atoms with E-state index < -0.39 is 11.6 Å². The lowest BCUT2D eigenvalue weighted by Crippen LogP contribution is -2.47. The van der Waals surface area contributed by atoms with E-state index in [0.29, 0.717) is 28.8 Å². The van der Waals surface area contributed by atoms with E-state index in [9.17, 15) is 4.39 Å². The molecule has 1 saturated heterocycles. The first-order chi connectivity index (χ1) is 20.3. The molecule has 0 saturated carbocycles. The van der Waals surface area contributed by atoms with Gasteiger partial charge in [0.15, 0.2) is 11.6 Å². The lowest BCUT2D eigenvalue weighted by Gasteiger charge is -2.40. The topological polar surface area (TPSA) is 84.2 Å². The van der Waals surface area contributed by atoms with E-state index in [0.717, 1.165) is 57.6 Å². The molecule has 1 aromatic carbocycles. The molecular formula is C31H38F2N8O. The number of pyridine rings is 1. The molecule has 42 heavy (non-hydrogen) atoms. The van der Waals surface area contributed by atoms with Crippen LogP contribution in [0, 0.1) is 18.6 Å². The summed E-state index contributed by atoms with van der Waals surface area (Å²) in [6.07, 6.45) is 4.32. The molecule has 1 N–H and O–H groups in total. The molecule has 2 aliphatic heterocycles. The maximum Gasteiger partial charge on any atom is 0.229 e. The standard InChI is InChI=1S/C31H38F2N8O/c1-19(2)41-20(3)35-30-24(32)15-22(16-27(30)41)29-25(33)17-34-31(38-29)37-28-6-5-21-18-40(12-9-26(21)36-28)23-7-10-39(11-8-23)13-14-42-4/h5-6,15-17,19,23H,7-14,18H2,1-4H3,(H,34,36,37,38).